The summed E-state index contributed by atoms with van der Waals surface area (Å²) < 4.78 is 0. The predicted octanol–water partition coefficient (Wildman–Crippen LogP) is 2.67. The number of amides is 1. The van der Waals surface area contributed by atoms with Crippen LogP contribution in [0.3, 0.4) is 0 Å². The molecule has 1 amide bonds. The van der Waals surface area contributed by atoms with E-state index in [0.29, 0.717) is 23.8 Å². The van der Waals surface area contributed by atoms with Crippen molar-refractivity contribution in [2.45, 2.75) is 6.92 Å². The molecule has 0 aliphatic rings. The van der Waals surface area contributed by atoms with Crippen molar-refractivity contribution in [3.8, 4) is 11.1 Å². The highest BCUT2D eigenvalue weighted by Gasteiger charge is 2.18. The van der Waals surface area contributed by atoms with Crippen LogP contribution in [0.15, 0.2) is 30.7 Å². The fraction of sp³-hybridized carbons (Fsp3) is 0.250. The fourth-order valence-electron chi connectivity index (χ4n) is 2.63. The van der Waals surface area contributed by atoms with Gasteiger partial charge in [0.15, 0.2) is 0 Å². The van der Waals surface area contributed by atoms with Crippen molar-refractivity contribution in [1.82, 2.24) is 19.9 Å². The molecule has 0 radical (unpaired) electrons. The molecule has 3 aromatic heterocycles. The Balaban J connectivity index is 1.99. The minimum absolute atomic E-state index is 0.0622. The number of nitrogens with one attached hydrogen (secondary N) is 2. The summed E-state index contributed by atoms with van der Waals surface area (Å²) in [6.45, 7) is 2.65. The number of hydrogen-bond donors (Lipinski definition) is 3. The smallest absolute Gasteiger partial charge is 0.270 e. The minimum Gasteiger partial charge on any atom is -0.395 e. The zero-order valence-corrected chi connectivity index (χ0v) is 13.4. The van der Waals surface area contributed by atoms with Gasteiger partial charge in [0, 0.05) is 48.2 Å². The van der Waals surface area contributed by atoms with Gasteiger partial charge in [-0.2, -0.15) is 0 Å². The number of H-pyrrole nitrogens is 2. The summed E-state index contributed by atoms with van der Waals surface area (Å²) >= 11 is 6.30. The first-order chi connectivity index (χ1) is 11.2. The molecule has 0 aromatic carbocycles. The number of nitrogens with zero attached hydrogens (tertiary/aromatic N) is 2. The van der Waals surface area contributed by atoms with Gasteiger partial charge in [0.25, 0.3) is 5.91 Å². The molecule has 120 valence electrons. The number of aromatic nitrogens is 3. The van der Waals surface area contributed by atoms with Crippen molar-refractivity contribution in [1.29, 1.82) is 0 Å². The van der Waals surface area contributed by atoms with Crippen LogP contribution < -0.4 is 0 Å². The van der Waals surface area contributed by atoms with Gasteiger partial charge in [-0.1, -0.05) is 11.6 Å². The van der Waals surface area contributed by atoms with E-state index in [-0.39, 0.29) is 12.5 Å². The molecule has 6 nitrogen and oxygen atoms in total. The van der Waals surface area contributed by atoms with Crippen LogP contribution in [-0.2, 0) is 0 Å². The third-order valence-corrected chi connectivity index (χ3v) is 4.07. The van der Waals surface area contributed by atoms with E-state index in [1.54, 1.807) is 29.6 Å². The van der Waals surface area contributed by atoms with Crippen LogP contribution in [0.2, 0.25) is 5.02 Å². The maximum Gasteiger partial charge on any atom is 0.270 e. The van der Waals surface area contributed by atoms with Gasteiger partial charge < -0.3 is 20.0 Å². The molecule has 0 saturated heterocycles. The zero-order chi connectivity index (χ0) is 16.4. The molecule has 0 saturated carbocycles. The van der Waals surface area contributed by atoms with Crippen molar-refractivity contribution in [3.63, 3.8) is 0 Å². The molecule has 3 aromatic rings. The highest BCUT2D eigenvalue weighted by molar-refractivity contribution is 6.34. The average molecular weight is 333 g/mol. The number of aliphatic hydroxyl groups is 1. The largest absolute Gasteiger partial charge is 0.395 e. The molecule has 0 atom stereocenters. The molecular weight excluding hydrogens is 316 g/mol. The molecule has 3 N–H and O–H groups in total. The van der Waals surface area contributed by atoms with Crippen LogP contribution >= 0.6 is 11.6 Å². The summed E-state index contributed by atoms with van der Waals surface area (Å²) in [6, 6.07) is 3.68. The molecule has 0 spiro atoms. The highest BCUT2D eigenvalue weighted by Crippen LogP contribution is 2.34. The molecule has 23 heavy (non-hydrogen) atoms. The van der Waals surface area contributed by atoms with E-state index in [4.69, 9.17) is 16.7 Å². The Bertz CT molecular complexity index is 840. The summed E-state index contributed by atoms with van der Waals surface area (Å²) in [4.78, 5) is 24.3. The van der Waals surface area contributed by atoms with Crippen molar-refractivity contribution in [2.75, 3.05) is 19.7 Å². The summed E-state index contributed by atoms with van der Waals surface area (Å²) in [6.07, 6.45) is 5.15. The van der Waals surface area contributed by atoms with Crippen molar-refractivity contribution < 1.29 is 9.90 Å². The number of aromatic amines is 2. The van der Waals surface area contributed by atoms with Gasteiger partial charge in [-0.3, -0.25) is 4.79 Å². The predicted molar refractivity (Wildman–Crippen MR) is 89.6 cm³/mol. The molecule has 3 rings (SSSR count). The molecule has 0 aliphatic carbocycles. The number of fused-ring (bicyclic) bond motifs is 1. The number of pyridine rings is 1. The van der Waals surface area contributed by atoms with Crippen LogP contribution in [-0.4, -0.2) is 50.6 Å². The first-order valence-corrected chi connectivity index (χ1v) is 7.74. The number of carbonyl (C=O) groups excluding carboxylic acids is 1. The van der Waals surface area contributed by atoms with Gasteiger partial charge in [-0.15, -0.1) is 0 Å². The van der Waals surface area contributed by atoms with E-state index in [1.807, 2.05) is 13.0 Å². The molecule has 0 aliphatic heterocycles. The second-order valence-electron chi connectivity index (χ2n) is 5.13. The quantitative estimate of drug-likeness (QED) is 0.671. The third-order valence-electron chi connectivity index (χ3n) is 3.78. The summed E-state index contributed by atoms with van der Waals surface area (Å²) in [5.41, 5.74) is 2.87. The van der Waals surface area contributed by atoms with E-state index in [2.05, 4.69) is 15.0 Å². The van der Waals surface area contributed by atoms with E-state index in [9.17, 15) is 4.79 Å². The summed E-state index contributed by atoms with van der Waals surface area (Å²) in [7, 11) is 0. The Morgan fingerprint density at radius 1 is 1.43 bits per heavy atom. The number of hydrogen-bond acceptors (Lipinski definition) is 3. The molecular formula is C16H17ClN4O2. The van der Waals surface area contributed by atoms with Crippen molar-refractivity contribution in [3.05, 3.63) is 41.4 Å². The summed E-state index contributed by atoms with van der Waals surface area (Å²) in [5.74, 6) is -0.150. The molecule has 7 heteroatoms. The Hall–Kier alpha value is -2.31. The lowest BCUT2D eigenvalue weighted by atomic mass is 10.1. The number of aliphatic hydroxyl groups excluding tert-OH is 1. The standard InChI is InChI=1S/C16H17ClN4O2/c1-2-21(5-6-22)16(23)13-7-10(8-19-13)14-11-3-4-18-15(11)20-9-12(14)17/h3-4,7-9,19,22H,2,5-6H2,1H3,(H,18,20). The topological polar surface area (TPSA) is 85.0 Å². The average Bonchev–Trinajstić information content (AvgIpc) is 3.20. The minimum atomic E-state index is -0.150. The van der Waals surface area contributed by atoms with Gasteiger partial charge in [0.2, 0.25) is 0 Å². The van der Waals surface area contributed by atoms with Gasteiger partial charge in [-0.25, -0.2) is 4.98 Å². The zero-order valence-electron chi connectivity index (χ0n) is 12.6. The SMILES string of the molecule is CCN(CCO)C(=O)c1cc(-c2c(Cl)cnc3[nH]ccc23)c[nH]1. The fourth-order valence-corrected chi connectivity index (χ4v) is 2.89. The van der Waals surface area contributed by atoms with Gasteiger partial charge in [0.05, 0.1) is 11.6 Å². The lowest BCUT2D eigenvalue weighted by Gasteiger charge is -2.18. The second-order valence-corrected chi connectivity index (χ2v) is 5.54. The maximum absolute atomic E-state index is 12.4. The van der Waals surface area contributed by atoms with Crippen molar-refractivity contribution >= 4 is 28.5 Å². The number of carbonyl (C=O) groups is 1. The molecule has 0 unspecified atom stereocenters. The first-order valence-electron chi connectivity index (χ1n) is 7.36. The Morgan fingerprint density at radius 2 is 2.26 bits per heavy atom. The van der Waals surface area contributed by atoms with Crippen LogP contribution in [0.4, 0.5) is 0 Å². The second kappa shape index (κ2) is 6.44. The van der Waals surface area contributed by atoms with Gasteiger partial charge in [0.1, 0.15) is 11.3 Å². The monoisotopic (exact) mass is 332 g/mol. The first kappa shape index (κ1) is 15.6. The Morgan fingerprint density at radius 3 is 3.00 bits per heavy atom. The number of halogens is 1. The third kappa shape index (κ3) is 2.83. The lowest BCUT2D eigenvalue weighted by Crippen LogP contribution is -2.33. The van der Waals surface area contributed by atoms with E-state index in [1.165, 1.54) is 0 Å². The van der Waals surface area contributed by atoms with E-state index >= 15 is 0 Å². The van der Waals surface area contributed by atoms with E-state index in [0.717, 1.165) is 22.2 Å². The van der Waals surface area contributed by atoms with Crippen molar-refractivity contribution in [2.24, 2.45) is 0 Å². The van der Waals surface area contributed by atoms with Gasteiger partial charge >= 0.3 is 0 Å². The number of likely N-dealkylation sites (N-methyl/N-ethyl adjacent to an activating group) is 1. The van der Waals surface area contributed by atoms with Crippen LogP contribution in [0, 0.1) is 0 Å². The molecule has 0 bridgehead atoms. The summed E-state index contributed by atoms with van der Waals surface area (Å²) in [5, 5.41) is 10.5. The highest BCUT2D eigenvalue weighted by atomic mass is 35.5. The van der Waals surface area contributed by atoms with Gasteiger partial charge in [-0.05, 0) is 19.1 Å². The number of rotatable bonds is 5. The molecule has 0 fully saturated rings. The lowest BCUT2D eigenvalue weighted by molar-refractivity contribution is 0.0727. The van der Waals surface area contributed by atoms with Crippen LogP contribution in [0.1, 0.15) is 17.4 Å². The Kier molecular flexibility index (Phi) is 4.36. The normalized spacial score (nSPS) is 11.1. The Labute approximate surface area is 138 Å². The maximum atomic E-state index is 12.4. The van der Waals surface area contributed by atoms with Crippen LogP contribution in [0.25, 0.3) is 22.2 Å². The van der Waals surface area contributed by atoms with E-state index < -0.39 is 0 Å². The van der Waals surface area contributed by atoms with Crippen LogP contribution in [0.5, 0.6) is 0 Å². The molecule has 3 heterocycles.